The summed E-state index contributed by atoms with van der Waals surface area (Å²) in [7, 11) is 1.61. The standard InChI is InChI=1S/C35H43ClN2O6/c1-22-8-12-30(39)27-11-9-24(27)19-38-20-34(14-4-5-23-15-26(36)6-3-7-28(23)34)21-44-31-13-10-25(16-29(31)38)35(43,33(41)42)17-32(40)37(2)18-22/h3,6,8,10,12-13,15-16,22,24,27,30,39,43H,4-5,7,9,11,14,17-21H2,1-2H3,(H,41,42)/b12-8+/t22-,24-,27+,30?,34-,35+/m0/s1. The molecule has 1 aromatic carbocycles. The predicted octanol–water partition coefficient (Wildman–Crippen LogP) is 5.15. The first-order valence-electron chi connectivity index (χ1n) is 15.8. The van der Waals surface area contributed by atoms with Crippen LogP contribution in [0.3, 0.4) is 0 Å². The fourth-order valence-electron chi connectivity index (χ4n) is 7.87. The van der Waals surface area contributed by atoms with Crippen molar-refractivity contribution in [3.63, 3.8) is 0 Å². The lowest BCUT2D eigenvalue weighted by molar-refractivity contribution is -0.164. The van der Waals surface area contributed by atoms with Gasteiger partial charge in [0.2, 0.25) is 5.91 Å². The molecule has 1 fully saturated rings. The first kappa shape index (κ1) is 30.9. The zero-order valence-electron chi connectivity index (χ0n) is 25.5. The minimum atomic E-state index is -2.41. The lowest BCUT2D eigenvalue weighted by Crippen LogP contribution is -2.48. The van der Waals surface area contributed by atoms with E-state index in [1.807, 2.05) is 25.2 Å². The summed E-state index contributed by atoms with van der Waals surface area (Å²) in [6, 6.07) is 5.01. The van der Waals surface area contributed by atoms with Gasteiger partial charge in [0.15, 0.2) is 5.60 Å². The predicted molar refractivity (Wildman–Crippen MR) is 169 cm³/mol. The summed E-state index contributed by atoms with van der Waals surface area (Å²) < 4.78 is 6.58. The molecule has 0 saturated heterocycles. The van der Waals surface area contributed by atoms with Crippen LogP contribution in [0.4, 0.5) is 5.69 Å². The number of ether oxygens (including phenoxy) is 1. The van der Waals surface area contributed by atoms with E-state index in [4.69, 9.17) is 16.3 Å². The van der Waals surface area contributed by atoms with Gasteiger partial charge in [-0.2, -0.15) is 0 Å². The molecule has 1 saturated carbocycles. The van der Waals surface area contributed by atoms with Crippen molar-refractivity contribution in [2.75, 3.05) is 38.2 Å². The number of benzene rings is 1. The fraction of sp³-hybridized carbons (Fsp3) is 0.543. The van der Waals surface area contributed by atoms with Gasteiger partial charge in [-0.05, 0) is 91.7 Å². The number of carboxylic acid groups (broad SMARTS) is 1. The third-order valence-corrected chi connectivity index (χ3v) is 10.8. The number of fused-ring (bicyclic) bond motifs is 3. The van der Waals surface area contributed by atoms with E-state index in [0.717, 1.165) is 43.6 Å². The Morgan fingerprint density at radius 1 is 1.18 bits per heavy atom. The first-order valence-corrected chi connectivity index (χ1v) is 16.2. The molecule has 0 radical (unpaired) electrons. The second kappa shape index (κ2) is 12.0. The number of aliphatic hydroxyl groups is 2. The van der Waals surface area contributed by atoms with Crippen molar-refractivity contribution in [3.8, 4) is 5.75 Å². The maximum atomic E-state index is 13.2. The summed E-state index contributed by atoms with van der Waals surface area (Å²) >= 11 is 6.49. The summed E-state index contributed by atoms with van der Waals surface area (Å²) in [5.74, 6) is -1.05. The van der Waals surface area contributed by atoms with Crippen LogP contribution in [0.25, 0.3) is 0 Å². The summed E-state index contributed by atoms with van der Waals surface area (Å²) in [5.41, 5.74) is 0.752. The zero-order valence-corrected chi connectivity index (χ0v) is 26.3. The Kier molecular flexibility index (Phi) is 8.46. The highest BCUT2D eigenvalue weighted by Gasteiger charge is 2.46. The molecule has 44 heavy (non-hydrogen) atoms. The molecule has 2 aliphatic heterocycles. The third-order valence-electron chi connectivity index (χ3n) is 10.6. The third kappa shape index (κ3) is 5.72. The van der Waals surface area contributed by atoms with E-state index in [0.29, 0.717) is 37.7 Å². The van der Waals surface area contributed by atoms with Crippen molar-refractivity contribution in [3.05, 3.63) is 70.3 Å². The topological polar surface area (TPSA) is 111 Å². The largest absolute Gasteiger partial charge is 0.490 e. The zero-order chi connectivity index (χ0) is 31.2. The fourth-order valence-corrected chi connectivity index (χ4v) is 8.09. The van der Waals surface area contributed by atoms with Crippen LogP contribution in [0.15, 0.2) is 64.8 Å². The number of carbonyl (C=O) groups is 2. The smallest absolute Gasteiger partial charge is 0.340 e. The van der Waals surface area contributed by atoms with Gasteiger partial charge >= 0.3 is 5.97 Å². The number of halogens is 1. The molecule has 9 heteroatoms. The maximum absolute atomic E-state index is 13.2. The van der Waals surface area contributed by atoms with Crippen molar-refractivity contribution in [1.29, 1.82) is 0 Å². The van der Waals surface area contributed by atoms with Crippen molar-refractivity contribution in [2.24, 2.45) is 23.2 Å². The van der Waals surface area contributed by atoms with Crippen LogP contribution in [-0.4, -0.2) is 71.5 Å². The quantitative estimate of drug-likeness (QED) is 0.372. The van der Waals surface area contributed by atoms with Gasteiger partial charge in [-0.15, -0.1) is 0 Å². The minimum Gasteiger partial charge on any atom is -0.490 e. The molecule has 3 aliphatic carbocycles. The van der Waals surface area contributed by atoms with Gasteiger partial charge in [0.1, 0.15) is 5.75 Å². The molecule has 3 N–H and O–H groups in total. The highest BCUT2D eigenvalue weighted by atomic mass is 35.5. The van der Waals surface area contributed by atoms with Gasteiger partial charge < -0.3 is 29.9 Å². The van der Waals surface area contributed by atoms with Crippen molar-refractivity contribution >= 4 is 29.2 Å². The minimum absolute atomic E-state index is 0.0543. The van der Waals surface area contributed by atoms with E-state index in [1.54, 1.807) is 25.2 Å². The average molecular weight is 623 g/mol. The van der Waals surface area contributed by atoms with E-state index in [9.17, 15) is 24.9 Å². The summed E-state index contributed by atoms with van der Waals surface area (Å²) in [5, 5.41) is 33.8. The number of rotatable bonds is 1. The van der Waals surface area contributed by atoms with Gasteiger partial charge in [-0.3, -0.25) is 4.79 Å². The molecule has 236 valence electrons. The Morgan fingerprint density at radius 2 is 2.00 bits per heavy atom. The monoisotopic (exact) mass is 622 g/mol. The summed E-state index contributed by atoms with van der Waals surface area (Å²) in [6.07, 6.45) is 14.3. The van der Waals surface area contributed by atoms with Crippen molar-refractivity contribution < 1.29 is 29.6 Å². The van der Waals surface area contributed by atoms with Crippen LogP contribution < -0.4 is 9.64 Å². The lowest BCUT2D eigenvalue weighted by atomic mass is 9.67. The molecular formula is C35H43ClN2O6. The molecule has 2 bridgehead atoms. The number of amides is 1. The maximum Gasteiger partial charge on any atom is 0.340 e. The van der Waals surface area contributed by atoms with Crippen LogP contribution in [0.1, 0.15) is 57.4 Å². The summed E-state index contributed by atoms with van der Waals surface area (Å²) in [6.45, 7) is 4.08. The average Bonchev–Trinajstić information content (AvgIpc) is 3.25. The van der Waals surface area contributed by atoms with Gasteiger partial charge in [-0.1, -0.05) is 48.4 Å². The number of nitrogens with zero attached hydrogens (tertiary/aromatic N) is 2. The number of anilines is 1. The molecule has 1 aromatic rings. The Morgan fingerprint density at radius 3 is 2.75 bits per heavy atom. The molecule has 6 rings (SSSR count). The van der Waals surface area contributed by atoms with E-state index in [2.05, 4.69) is 17.1 Å². The number of hydrogen-bond donors (Lipinski definition) is 3. The van der Waals surface area contributed by atoms with Crippen LogP contribution in [0, 0.1) is 23.2 Å². The van der Waals surface area contributed by atoms with Crippen LogP contribution in [-0.2, 0) is 15.2 Å². The van der Waals surface area contributed by atoms with Crippen molar-refractivity contribution in [1.82, 2.24) is 4.90 Å². The number of carbonyl (C=O) groups excluding carboxylic acids is 1. The number of hydrogen-bond acceptors (Lipinski definition) is 6. The molecular weight excluding hydrogens is 580 g/mol. The van der Waals surface area contributed by atoms with Crippen LogP contribution >= 0.6 is 11.6 Å². The van der Waals surface area contributed by atoms with Crippen molar-refractivity contribution in [2.45, 2.75) is 63.6 Å². The van der Waals surface area contributed by atoms with E-state index in [-0.39, 0.29) is 28.7 Å². The highest BCUT2D eigenvalue weighted by molar-refractivity contribution is 6.31. The Labute approximate surface area is 264 Å². The molecule has 1 spiro atoms. The SMILES string of the molecule is C[C@H]1/C=C/C(O)[C@@H]2CC[C@H]2CN2C[C@@]3(CCCC4=C3CC=CC(Cl)=C4)COc3ccc(cc32)[C@@](O)(C(=O)O)CC(=O)N(C)C1. The molecule has 6 atom stereocenters. The Balaban J connectivity index is 1.46. The second-order valence-corrected chi connectivity index (χ2v) is 14.0. The number of carboxylic acids is 1. The molecule has 0 aromatic heterocycles. The normalized spacial score (nSPS) is 35.0. The van der Waals surface area contributed by atoms with E-state index < -0.39 is 30.0 Å². The highest BCUT2D eigenvalue weighted by Crippen LogP contribution is 2.50. The van der Waals surface area contributed by atoms with E-state index in [1.165, 1.54) is 16.0 Å². The molecule has 8 nitrogen and oxygen atoms in total. The Hall–Kier alpha value is -3.07. The number of aliphatic hydroxyl groups excluding tert-OH is 1. The molecule has 1 amide bonds. The summed E-state index contributed by atoms with van der Waals surface area (Å²) in [4.78, 5) is 29.6. The Bertz CT molecular complexity index is 1450. The number of allylic oxidation sites excluding steroid dienone is 5. The lowest BCUT2D eigenvalue weighted by Gasteiger charge is -2.46. The molecule has 5 aliphatic rings. The first-order chi connectivity index (χ1) is 21.0. The van der Waals surface area contributed by atoms with Gasteiger partial charge in [-0.25, -0.2) is 4.79 Å². The molecule has 2 heterocycles. The van der Waals surface area contributed by atoms with Crippen LogP contribution in [0.5, 0.6) is 5.75 Å². The van der Waals surface area contributed by atoms with Gasteiger partial charge in [0.05, 0.1) is 24.8 Å². The second-order valence-electron chi connectivity index (χ2n) is 13.6. The van der Waals surface area contributed by atoms with Gasteiger partial charge in [0, 0.05) is 37.1 Å². The van der Waals surface area contributed by atoms with Crippen LogP contribution in [0.2, 0.25) is 0 Å². The van der Waals surface area contributed by atoms with Gasteiger partial charge in [0.25, 0.3) is 0 Å². The number of aliphatic carboxylic acids is 1. The van der Waals surface area contributed by atoms with E-state index >= 15 is 0 Å². The molecule has 1 unspecified atom stereocenters.